The van der Waals surface area contributed by atoms with Gasteiger partial charge in [0, 0.05) is 53.4 Å². The van der Waals surface area contributed by atoms with Gasteiger partial charge in [0.2, 0.25) is 0 Å². The molecule has 1 saturated heterocycles. The molecule has 1 rings (SSSR count). The van der Waals surface area contributed by atoms with Gasteiger partial charge in [-0.2, -0.15) is 0 Å². The number of aliphatic imine (C=N–C) groups is 1. The van der Waals surface area contributed by atoms with Gasteiger partial charge in [-0.1, -0.05) is 13.3 Å². The first-order valence-corrected chi connectivity index (χ1v) is 8.50. The molecule has 0 aliphatic carbocycles. The molecule has 0 aromatic rings. The lowest BCUT2D eigenvalue weighted by molar-refractivity contribution is 0.152. The molecule has 0 bridgehead atoms. The monoisotopic (exact) mass is 297 g/mol. The van der Waals surface area contributed by atoms with Crippen LogP contribution in [0.3, 0.4) is 0 Å². The Balaban J connectivity index is 2.06. The quantitative estimate of drug-likeness (QED) is 0.416. The predicted octanol–water partition coefficient (Wildman–Crippen LogP) is 1.32. The zero-order chi connectivity index (χ0) is 15.5. The van der Waals surface area contributed by atoms with E-state index < -0.39 is 0 Å². The maximum atomic E-state index is 4.35. The third-order valence-electron chi connectivity index (χ3n) is 4.20. The highest BCUT2D eigenvalue weighted by Crippen LogP contribution is 2.01. The number of guanidine groups is 1. The third kappa shape index (κ3) is 7.67. The molecule has 1 heterocycles. The van der Waals surface area contributed by atoms with Crippen molar-refractivity contribution in [3.8, 4) is 0 Å². The first-order chi connectivity index (χ1) is 10.2. The molecule has 1 fully saturated rings. The molecule has 1 aliphatic rings. The average Bonchev–Trinajstić information content (AvgIpc) is 2.50. The molecular weight excluding hydrogens is 262 g/mol. The van der Waals surface area contributed by atoms with E-state index in [1.54, 1.807) is 0 Å². The van der Waals surface area contributed by atoms with Crippen molar-refractivity contribution in [2.45, 2.75) is 32.6 Å². The van der Waals surface area contributed by atoms with Crippen molar-refractivity contribution in [1.29, 1.82) is 0 Å². The van der Waals surface area contributed by atoms with Crippen molar-refractivity contribution >= 4 is 5.96 Å². The van der Waals surface area contributed by atoms with Gasteiger partial charge in [-0.15, -0.1) is 0 Å². The van der Waals surface area contributed by atoms with E-state index in [4.69, 9.17) is 0 Å². The van der Waals surface area contributed by atoms with Crippen LogP contribution >= 0.6 is 0 Å². The number of hydrogen-bond donors (Lipinski definition) is 1. The van der Waals surface area contributed by atoms with Gasteiger partial charge in [0.05, 0.1) is 0 Å². The summed E-state index contributed by atoms with van der Waals surface area (Å²) in [7, 11) is 6.20. The lowest BCUT2D eigenvalue weighted by atomic mass is 10.2. The zero-order valence-corrected chi connectivity index (χ0v) is 14.6. The minimum Gasteiger partial charge on any atom is -0.356 e. The Morgan fingerprint density at radius 1 is 1.14 bits per heavy atom. The van der Waals surface area contributed by atoms with E-state index in [9.17, 15) is 0 Å². The summed E-state index contributed by atoms with van der Waals surface area (Å²) in [6.45, 7) is 10.5. The number of rotatable bonds is 8. The summed E-state index contributed by atoms with van der Waals surface area (Å²) in [6, 6.07) is 0. The van der Waals surface area contributed by atoms with Crippen LogP contribution < -0.4 is 5.32 Å². The number of nitrogens with zero attached hydrogens (tertiary/aromatic N) is 4. The van der Waals surface area contributed by atoms with Crippen LogP contribution in [0, 0.1) is 0 Å². The predicted molar refractivity (Wildman–Crippen MR) is 92.1 cm³/mol. The molecule has 21 heavy (non-hydrogen) atoms. The van der Waals surface area contributed by atoms with Crippen LogP contribution in [0.5, 0.6) is 0 Å². The topological polar surface area (TPSA) is 34.1 Å². The molecule has 0 radical (unpaired) electrons. The second kappa shape index (κ2) is 10.9. The normalized spacial score (nSPS) is 18.0. The molecule has 1 aliphatic heterocycles. The summed E-state index contributed by atoms with van der Waals surface area (Å²) in [6.07, 6.45) is 4.94. The van der Waals surface area contributed by atoms with Crippen LogP contribution in [0.15, 0.2) is 4.99 Å². The van der Waals surface area contributed by atoms with Gasteiger partial charge in [-0.3, -0.25) is 4.99 Å². The van der Waals surface area contributed by atoms with Gasteiger partial charge in [0.15, 0.2) is 5.96 Å². The van der Waals surface area contributed by atoms with Crippen molar-refractivity contribution in [3.63, 3.8) is 0 Å². The summed E-state index contributed by atoms with van der Waals surface area (Å²) in [5.41, 5.74) is 0. The van der Waals surface area contributed by atoms with E-state index in [2.05, 4.69) is 46.0 Å². The third-order valence-corrected chi connectivity index (χ3v) is 4.20. The van der Waals surface area contributed by atoms with Crippen LogP contribution in [0.1, 0.15) is 32.6 Å². The molecule has 0 aromatic carbocycles. The average molecular weight is 297 g/mol. The van der Waals surface area contributed by atoms with Crippen LogP contribution in [0.4, 0.5) is 0 Å². The van der Waals surface area contributed by atoms with Crippen molar-refractivity contribution < 1.29 is 0 Å². The van der Waals surface area contributed by atoms with Crippen molar-refractivity contribution in [2.24, 2.45) is 4.99 Å². The Labute approximate surface area is 131 Å². The summed E-state index contributed by atoms with van der Waals surface area (Å²) in [5.74, 6) is 1.03. The Bertz CT molecular complexity index is 284. The lowest BCUT2D eigenvalue weighted by Crippen LogP contribution is -2.44. The number of piperazine rings is 1. The van der Waals surface area contributed by atoms with E-state index in [-0.39, 0.29) is 0 Å². The SMILES string of the molecule is CCCCN(C)C(=NC)NCCCCN1CCN(C)CC1. The molecule has 5 nitrogen and oxygen atoms in total. The van der Waals surface area contributed by atoms with Crippen LogP contribution in [0.25, 0.3) is 0 Å². The molecule has 0 saturated carbocycles. The molecule has 0 aromatic heterocycles. The molecule has 0 atom stereocenters. The standard InChI is InChI=1S/C16H35N5/c1-5-6-10-20(4)16(17-2)18-9-7-8-11-21-14-12-19(3)13-15-21/h5-15H2,1-4H3,(H,17,18). The highest BCUT2D eigenvalue weighted by molar-refractivity contribution is 5.79. The van der Waals surface area contributed by atoms with Gasteiger partial charge < -0.3 is 20.0 Å². The van der Waals surface area contributed by atoms with Crippen molar-refractivity contribution in [2.75, 3.05) is 67.0 Å². The largest absolute Gasteiger partial charge is 0.356 e. The molecular formula is C16H35N5. The van der Waals surface area contributed by atoms with E-state index in [0.717, 1.165) is 19.0 Å². The molecule has 0 unspecified atom stereocenters. The second-order valence-corrected chi connectivity index (χ2v) is 6.10. The fourth-order valence-electron chi connectivity index (χ4n) is 2.62. The second-order valence-electron chi connectivity index (χ2n) is 6.10. The van der Waals surface area contributed by atoms with E-state index in [1.165, 1.54) is 58.4 Å². The number of unbranched alkanes of at least 4 members (excludes halogenated alkanes) is 2. The number of hydrogen-bond acceptors (Lipinski definition) is 3. The van der Waals surface area contributed by atoms with Crippen LogP contribution in [-0.2, 0) is 0 Å². The summed E-state index contributed by atoms with van der Waals surface area (Å²) in [5, 5.41) is 3.47. The van der Waals surface area contributed by atoms with Gasteiger partial charge >= 0.3 is 0 Å². The number of nitrogens with one attached hydrogen (secondary N) is 1. The fraction of sp³-hybridized carbons (Fsp3) is 0.938. The van der Waals surface area contributed by atoms with E-state index in [1.807, 2.05) is 7.05 Å². The van der Waals surface area contributed by atoms with Crippen LogP contribution in [-0.4, -0.2) is 87.6 Å². The summed E-state index contributed by atoms with van der Waals surface area (Å²) < 4.78 is 0. The molecule has 5 heteroatoms. The zero-order valence-electron chi connectivity index (χ0n) is 14.6. The Kier molecular flexibility index (Phi) is 9.42. The Hall–Kier alpha value is -0.810. The maximum absolute atomic E-state index is 4.35. The molecule has 1 N–H and O–H groups in total. The van der Waals surface area contributed by atoms with E-state index in [0.29, 0.717) is 0 Å². The van der Waals surface area contributed by atoms with Crippen molar-refractivity contribution in [3.05, 3.63) is 0 Å². The van der Waals surface area contributed by atoms with Gasteiger partial charge in [0.25, 0.3) is 0 Å². The number of likely N-dealkylation sites (N-methyl/N-ethyl adjacent to an activating group) is 1. The fourth-order valence-corrected chi connectivity index (χ4v) is 2.62. The minimum absolute atomic E-state index is 1.02. The van der Waals surface area contributed by atoms with Gasteiger partial charge in [-0.05, 0) is 32.9 Å². The lowest BCUT2D eigenvalue weighted by Gasteiger charge is -2.32. The Morgan fingerprint density at radius 3 is 2.48 bits per heavy atom. The summed E-state index contributed by atoms with van der Waals surface area (Å²) in [4.78, 5) is 11.6. The molecule has 0 spiro atoms. The van der Waals surface area contributed by atoms with Gasteiger partial charge in [-0.25, -0.2) is 0 Å². The van der Waals surface area contributed by atoms with Gasteiger partial charge in [0.1, 0.15) is 0 Å². The maximum Gasteiger partial charge on any atom is 0.193 e. The molecule has 0 amide bonds. The summed E-state index contributed by atoms with van der Waals surface area (Å²) >= 11 is 0. The first-order valence-electron chi connectivity index (χ1n) is 8.50. The first kappa shape index (κ1) is 18.2. The molecule has 124 valence electrons. The van der Waals surface area contributed by atoms with E-state index >= 15 is 0 Å². The van der Waals surface area contributed by atoms with Crippen LogP contribution in [0.2, 0.25) is 0 Å². The smallest absolute Gasteiger partial charge is 0.193 e. The Morgan fingerprint density at radius 2 is 1.86 bits per heavy atom. The van der Waals surface area contributed by atoms with Crippen molar-refractivity contribution in [1.82, 2.24) is 20.0 Å². The highest BCUT2D eigenvalue weighted by Gasteiger charge is 2.12. The highest BCUT2D eigenvalue weighted by atomic mass is 15.3. The minimum atomic E-state index is 1.02.